The lowest BCUT2D eigenvalue weighted by Gasteiger charge is -2.22. The van der Waals surface area contributed by atoms with Crippen LogP contribution in [0.1, 0.15) is 22.8 Å². The zero-order valence-electron chi connectivity index (χ0n) is 10.4. The largest absolute Gasteiger partial charge is 0.481 e. The van der Waals surface area contributed by atoms with Crippen molar-refractivity contribution in [2.75, 3.05) is 0 Å². The number of nitriles is 1. The molecule has 0 fully saturated rings. The van der Waals surface area contributed by atoms with Gasteiger partial charge in [-0.2, -0.15) is 5.26 Å². The Labute approximate surface area is 112 Å². The van der Waals surface area contributed by atoms with Gasteiger partial charge in [0.1, 0.15) is 11.9 Å². The molecule has 1 heterocycles. The lowest BCUT2D eigenvalue weighted by Crippen LogP contribution is -2.08. The molecule has 92 valence electrons. The third-order valence-corrected chi connectivity index (χ3v) is 3.19. The summed E-state index contributed by atoms with van der Waals surface area (Å²) in [6, 6.07) is 18.2. The molecule has 0 N–H and O–H groups in total. The summed E-state index contributed by atoms with van der Waals surface area (Å²) in [7, 11) is 0. The van der Waals surface area contributed by atoms with Crippen molar-refractivity contribution < 1.29 is 4.74 Å². The molecule has 0 radical (unpaired) electrons. The van der Waals surface area contributed by atoms with E-state index in [0.717, 1.165) is 22.4 Å². The predicted molar refractivity (Wildman–Crippen MR) is 74.6 cm³/mol. The molecule has 0 aliphatic carbocycles. The van der Waals surface area contributed by atoms with Gasteiger partial charge in [-0.1, -0.05) is 42.5 Å². The van der Waals surface area contributed by atoms with Gasteiger partial charge in [0.05, 0.1) is 12.5 Å². The molecule has 0 saturated heterocycles. The zero-order chi connectivity index (χ0) is 13.1. The van der Waals surface area contributed by atoms with Crippen molar-refractivity contribution in [1.82, 2.24) is 0 Å². The van der Waals surface area contributed by atoms with Gasteiger partial charge in [-0.3, -0.25) is 0 Å². The van der Waals surface area contributed by atoms with Gasteiger partial charge >= 0.3 is 0 Å². The Balaban J connectivity index is 1.89. The van der Waals surface area contributed by atoms with Crippen LogP contribution in [-0.2, 0) is 6.42 Å². The molecule has 1 atom stereocenters. The SMILES string of the molecule is N#CCc1ccc2c(c1)C=CC(c1ccccc1)O2. The van der Waals surface area contributed by atoms with E-state index in [1.54, 1.807) is 0 Å². The van der Waals surface area contributed by atoms with E-state index in [2.05, 4.69) is 24.3 Å². The topological polar surface area (TPSA) is 33.0 Å². The minimum atomic E-state index is -0.0319. The Morgan fingerprint density at radius 2 is 1.95 bits per heavy atom. The van der Waals surface area contributed by atoms with Crippen molar-refractivity contribution in [3.8, 4) is 11.8 Å². The lowest BCUT2D eigenvalue weighted by atomic mass is 10.0. The molecule has 0 spiro atoms. The molecule has 0 aromatic heterocycles. The predicted octanol–water partition coefficient (Wildman–Crippen LogP) is 3.90. The van der Waals surface area contributed by atoms with Gasteiger partial charge in [0.25, 0.3) is 0 Å². The maximum atomic E-state index is 8.72. The maximum Gasteiger partial charge on any atom is 0.142 e. The van der Waals surface area contributed by atoms with Crippen molar-refractivity contribution in [2.45, 2.75) is 12.5 Å². The van der Waals surface area contributed by atoms with E-state index in [9.17, 15) is 0 Å². The number of ether oxygens (including phenoxy) is 1. The van der Waals surface area contributed by atoms with Crippen LogP contribution < -0.4 is 4.74 Å². The van der Waals surface area contributed by atoms with Gasteiger partial charge in [0.2, 0.25) is 0 Å². The number of rotatable bonds is 2. The number of fused-ring (bicyclic) bond motifs is 1. The number of hydrogen-bond acceptors (Lipinski definition) is 2. The molecule has 0 bridgehead atoms. The summed E-state index contributed by atoms with van der Waals surface area (Å²) in [5.41, 5.74) is 3.21. The highest BCUT2D eigenvalue weighted by atomic mass is 16.5. The Morgan fingerprint density at radius 3 is 2.74 bits per heavy atom. The highest BCUT2D eigenvalue weighted by Gasteiger charge is 2.16. The molecular formula is C17H13NO. The van der Waals surface area contributed by atoms with Crippen molar-refractivity contribution in [1.29, 1.82) is 5.26 Å². The van der Waals surface area contributed by atoms with Crippen molar-refractivity contribution in [3.63, 3.8) is 0 Å². The van der Waals surface area contributed by atoms with Crippen LogP contribution in [0.15, 0.2) is 54.6 Å². The molecule has 1 aliphatic heterocycles. The van der Waals surface area contributed by atoms with Gasteiger partial charge in [-0.05, 0) is 29.3 Å². The van der Waals surface area contributed by atoms with Crippen LogP contribution in [-0.4, -0.2) is 0 Å². The number of benzene rings is 2. The minimum absolute atomic E-state index is 0.0319. The molecule has 19 heavy (non-hydrogen) atoms. The van der Waals surface area contributed by atoms with Crippen LogP contribution in [0.4, 0.5) is 0 Å². The van der Waals surface area contributed by atoms with E-state index in [4.69, 9.17) is 10.00 Å². The summed E-state index contributed by atoms with van der Waals surface area (Å²) in [5.74, 6) is 0.873. The molecule has 3 rings (SSSR count). The first-order valence-corrected chi connectivity index (χ1v) is 6.26. The average Bonchev–Trinajstić information content (AvgIpc) is 2.48. The fraction of sp³-hybridized carbons (Fsp3) is 0.118. The minimum Gasteiger partial charge on any atom is -0.481 e. The quantitative estimate of drug-likeness (QED) is 0.806. The van der Waals surface area contributed by atoms with Crippen molar-refractivity contribution in [2.24, 2.45) is 0 Å². The lowest BCUT2D eigenvalue weighted by molar-refractivity contribution is 0.251. The third kappa shape index (κ3) is 2.36. The second kappa shape index (κ2) is 4.99. The van der Waals surface area contributed by atoms with Crippen molar-refractivity contribution >= 4 is 6.08 Å². The van der Waals surface area contributed by atoms with Gasteiger partial charge in [0.15, 0.2) is 0 Å². The summed E-state index contributed by atoms with van der Waals surface area (Å²) in [5, 5.41) is 8.72. The van der Waals surface area contributed by atoms with Crippen LogP contribution in [0, 0.1) is 11.3 Å². The fourth-order valence-electron chi connectivity index (χ4n) is 2.23. The highest BCUT2D eigenvalue weighted by Crippen LogP contribution is 2.33. The first kappa shape index (κ1) is 11.6. The van der Waals surface area contributed by atoms with E-state index in [0.29, 0.717) is 6.42 Å². The summed E-state index contributed by atoms with van der Waals surface area (Å²) in [6.45, 7) is 0. The summed E-state index contributed by atoms with van der Waals surface area (Å²) in [4.78, 5) is 0. The molecule has 1 unspecified atom stereocenters. The van der Waals surface area contributed by atoms with Crippen LogP contribution in [0.3, 0.4) is 0 Å². The molecule has 2 aromatic carbocycles. The van der Waals surface area contributed by atoms with E-state index in [1.807, 2.05) is 42.5 Å². The maximum absolute atomic E-state index is 8.72. The molecule has 0 amide bonds. The first-order chi connectivity index (χ1) is 9.36. The average molecular weight is 247 g/mol. The smallest absolute Gasteiger partial charge is 0.142 e. The summed E-state index contributed by atoms with van der Waals surface area (Å²) < 4.78 is 5.98. The van der Waals surface area contributed by atoms with Crippen LogP contribution >= 0.6 is 0 Å². The summed E-state index contributed by atoms with van der Waals surface area (Å²) >= 11 is 0. The van der Waals surface area contributed by atoms with E-state index < -0.39 is 0 Å². The van der Waals surface area contributed by atoms with Crippen LogP contribution in [0.5, 0.6) is 5.75 Å². The highest BCUT2D eigenvalue weighted by molar-refractivity contribution is 5.61. The number of nitrogens with zero attached hydrogens (tertiary/aromatic N) is 1. The van der Waals surface area contributed by atoms with Gasteiger partial charge < -0.3 is 4.74 Å². The Bertz CT molecular complexity index is 653. The van der Waals surface area contributed by atoms with Gasteiger partial charge in [-0.25, -0.2) is 0 Å². The Kier molecular flexibility index (Phi) is 3.04. The summed E-state index contributed by atoms with van der Waals surface area (Å²) in [6.07, 6.45) is 4.52. The van der Waals surface area contributed by atoms with Crippen molar-refractivity contribution in [3.05, 3.63) is 71.3 Å². The second-order valence-corrected chi connectivity index (χ2v) is 4.52. The standard InChI is InChI=1S/C17H13NO/c18-11-10-13-6-8-17-15(12-13)7-9-16(19-17)14-4-2-1-3-5-14/h1-9,12,16H,10H2. The normalized spacial score (nSPS) is 16.3. The monoisotopic (exact) mass is 247 g/mol. The van der Waals surface area contributed by atoms with E-state index in [-0.39, 0.29) is 6.10 Å². The van der Waals surface area contributed by atoms with E-state index >= 15 is 0 Å². The number of hydrogen-bond donors (Lipinski definition) is 0. The molecule has 2 heteroatoms. The van der Waals surface area contributed by atoms with Crippen LogP contribution in [0.2, 0.25) is 0 Å². The molecule has 2 aromatic rings. The second-order valence-electron chi connectivity index (χ2n) is 4.52. The van der Waals surface area contributed by atoms with Gasteiger partial charge in [-0.15, -0.1) is 0 Å². The molecule has 2 nitrogen and oxygen atoms in total. The third-order valence-electron chi connectivity index (χ3n) is 3.19. The molecule has 1 aliphatic rings. The van der Waals surface area contributed by atoms with Crippen LogP contribution in [0.25, 0.3) is 6.08 Å². The molecule has 0 saturated carbocycles. The first-order valence-electron chi connectivity index (χ1n) is 6.26. The Morgan fingerprint density at radius 1 is 1.11 bits per heavy atom. The van der Waals surface area contributed by atoms with E-state index in [1.165, 1.54) is 0 Å². The fourth-order valence-corrected chi connectivity index (χ4v) is 2.23. The molecular weight excluding hydrogens is 234 g/mol. The van der Waals surface area contributed by atoms with Gasteiger partial charge in [0, 0.05) is 5.56 Å². The Hall–Kier alpha value is -2.53. The zero-order valence-corrected chi connectivity index (χ0v) is 10.4.